The van der Waals surface area contributed by atoms with E-state index >= 15 is 0 Å². The summed E-state index contributed by atoms with van der Waals surface area (Å²) in [7, 11) is 0. The highest BCUT2D eigenvalue weighted by Gasteiger charge is 2.20. The van der Waals surface area contributed by atoms with Gasteiger partial charge >= 0.3 is 0 Å². The maximum absolute atomic E-state index is 6.26. The fourth-order valence-corrected chi connectivity index (χ4v) is 4.28. The summed E-state index contributed by atoms with van der Waals surface area (Å²) in [6.07, 6.45) is 4.84. The van der Waals surface area contributed by atoms with Gasteiger partial charge in [-0.3, -0.25) is 0 Å². The average Bonchev–Trinajstić information content (AvgIpc) is 3.21. The van der Waals surface area contributed by atoms with E-state index in [1.54, 1.807) is 0 Å². The third-order valence-electron chi connectivity index (χ3n) is 5.32. The summed E-state index contributed by atoms with van der Waals surface area (Å²) in [5.41, 5.74) is 1.26. The fraction of sp³-hybridized carbons (Fsp3) is 0.450. The van der Waals surface area contributed by atoms with Gasteiger partial charge in [0, 0.05) is 44.0 Å². The molecule has 2 fully saturated rings. The number of para-hydroxylation sites is 1. The Balaban J connectivity index is 1.38. The van der Waals surface area contributed by atoms with Crippen LogP contribution in [0.1, 0.15) is 25.7 Å². The molecule has 0 amide bonds. The third-order valence-corrected chi connectivity index (χ3v) is 5.74. The lowest BCUT2D eigenvalue weighted by atomic mass is 10.2. The molecule has 1 aliphatic heterocycles. The molecule has 1 aliphatic carbocycles. The summed E-state index contributed by atoms with van der Waals surface area (Å²) in [4.78, 5) is 13.6. The number of halogens is 1. The van der Waals surface area contributed by atoms with Gasteiger partial charge in [0.2, 0.25) is 5.95 Å². The van der Waals surface area contributed by atoms with Gasteiger partial charge in [-0.1, -0.05) is 42.6 Å². The van der Waals surface area contributed by atoms with Gasteiger partial charge in [0.05, 0.1) is 0 Å². The maximum Gasteiger partial charge on any atom is 0.232 e. The molecule has 1 saturated heterocycles. The van der Waals surface area contributed by atoms with E-state index in [-0.39, 0.29) is 0 Å². The Morgan fingerprint density at radius 2 is 1.68 bits per heavy atom. The molecule has 0 unspecified atom stereocenters. The summed E-state index contributed by atoms with van der Waals surface area (Å²) >= 11 is 11.7. The van der Waals surface area contributed by atoms with Crippen molar-refractivity contribution in [3.63, 3.8) is 0 Å². The molecule has 6 nitrogen and oxygen atoms in total. The Bertz CT molecular complexity index is 804. The average molecular weight is 417 g/mol. The molecule has 2 N–H and O–H groups in total. The van der Waals surface area contributed by atoms with Crippen LogP contribution in [-0.4, -0.2) is 47.3 Å². The van der Waals surface area contributed by atoms with E-state index < -0.39 is 0 Å². The number of benzene rings is 1. The molecule has 148 valence electrons. The van der Waals surface area contributed by atoms with Crippen molar-refractivity contribution in [2.45, 2.75) is 31.7 Å². The summed E-state index contributed by atoms with van der Waals surface area (Å²) in [6.45, 7) is 3.64. The molecule has 0 radical (unpaired) electrons. The Labute approximate surface area is 176 Å². The van der Waals surface area contributed by atoms with Crippen molar-refractivity contribution in [2.75, 3.05) is 41.3 Å². The number of hydrogen-bond acceptors (Lipinski definition) is 5. The van der Waals surface area contributed by atoms with Crippen molar-refractivity contribution < 1.29 is 0 Å². The lowest BCUT2D eigenvalue weighted by Gasteiger charge is -2.36. The van der Waals surface area contributed by atoms with Crippen LogP contribution in [0.2, 0.25) is 5.15 Å². The molecule has 1 aromatic carbocycles. The minimum Gasteiger partial charge on any atom is -0.368 e. The Kier molecular flexibility index (Phi) is 6.12. The minimum atomic E-state index is 0.418. The SMILES string of the molecule is S=C(Nc1nc(Cl)cc(N2CCN(c3ccccc3)CC2)n1)NC1CCCC1. The van der Waals surface area contributed by atoms with Crippen molar-refractivity contribution in [2.24, 2.45) is 0 Å². The van der Waals surface area contributed by atoms with E-state index in [1.165, 1.54) is 18.5 Å². The topological polar surface area (TPSA) is 56.3 Å². The predicted octanol–water partition coefficient (Wildman–Crippen LogP) is 3.69. The molecule has 28 heavy (non-hydrogen) atoms. The van der Waals surface area contributed by atoms with Crippen LogP contribution >= 0.6 is 23.8 Å². The van der Waals surface area contributed by atoms with E-state index in [4.69, 9.17) is 23.8 Å². The largest absolute Gasteiger partial charge is 0.368 e. The quantitative estimate of drug-likeness (QED) is 0.582. The molecule has 8 heteroatoms. The molecule has 0 bridgehead atoms. The number of nitrogens with one attached hydrogen (secondary N) is 2. The van der Waals surface area contributed by atoms with E-state index in [9.17, 15) is 0 Å². The first-order valence-electron chi connectivity index (χ1n) is 9.84. The summed E-state index contributed by atoms with van der Waals surface area (Å²) in [5.74, 6) is 1.28. The van der Waals surface area contributed by atoms with Gasteiger partial charge in [0.15, 0.2) is 5.11 Å². The normalized spacial score (nSPS) is 17.6. The van der Waals surface area contributed by atoms with Crippen LogP contribution in [0.3, 0.4) is 0 Å². The van der Waals surface area contributed by atoms with Crippen LogP contribution in [0.15, 0.2) is 36.4 Å². The van der Waals surface area contributed by atoms with Gasteiger partial charge in [-0.25, -0.2) is 4.98 Å². The number of thiocarbonyl (C=S) groups is 1. The molecule has 1 saturated carbocycles. The number of piperazine rings is 1. The minimum absolute atomic E-state index is 0.418. The first-order chi connectivity index (χ1) is 13.7. The molecule has 2 heterocycles. The second kappa shape index (κ2) is 8.92. The second-order valence-electron chi connectivity index (χ2n) is 7.26. The van der Waals surface area contributed by atoms with Crippen molar-refractivity contribution in [3.05, 3.63) is 41.6 Å². The predicted molar refractivity (Wildman–Crippen MR) is 120 cm³/mol. The van der Waals surface area contributed by atoms with Crippen LogP contribution in [-0.2, 0) is 0 Å². The molecule has 4 rings (SSSR count). The van der Waals surface area contributed by atoms with E-state index in [1.807, 2.05) is 12.1 Å². The zero-order chi connectivity index (χ0) is 19.3. The van der Waals surface area contributed by atoms with Crippen LogP contribution in [0.25, 0.3) is 0 Å². The van der Waals surface area contributed by atoms with E-state index in [0.29, 0.717) is 22.3 Å². The Hall–Kier alpha value is -2.12. The standard InChI is InChI=1S/C20H25ClN6S/c21-17-14-18(24-19(23-17)25-20(28)22-15-6-4-5-7-15)27-12-10-26(11-13-27)16-8-2-1-3-9-16/h1-3,8-9,14-15H,4-7,10-13H2,(H2,22,23,24,25,28). The number of anilines is 3. The van der Waals surface area contributed by atoms with Crippen molar-refractivity contribution in [3.8, 4) is 0 Å². The molecule has 0 atom stereocenters. The van der Waals surface area contributed by atoms with E-state index in [0.717, 1.165) is 44.8 Å². The van der Waals surface area contributed by atoms with Crippen molar-refractivity contribution in [1.82, 2.24) is 15.3 Å². The van der Waals surface area contributed by atoms with Crippen LogP contribution in [0, 0.1) is 0 Å². The number of rotatable bonds is 4. The molecule has 2 aliphatic rings. The van der Waals surface area contributed by atoms with Gasteiger partial charge in [0.25, 0.3) is 0 Å². The number of nitrogens with zero attached hydrogens (tertiary/aromatic N) is 4. The Morgan fingerprint density at radius 3 is 2.39 bits per heavy atom. The third kappa shape index (κ3) is 4.83. The van der Waals surface area contributed by atoms with Crippen LogP contribution in [0.4, 0.5) is 17.5 Å². The van der Waals surface area contributed by atoms with Gasteiger partial charge in [-0.15, -0.1) is 0 Å². The smallest absolute Gasteiger partial charge is 0.232 e. The monoisotopic (exact) mass is 416 g/mol. The summed E-state index contributed by atoms with van der Waals surface area (Å²) < 4.78 is 0. The maximum atomic E-state index is 6.26. The molecule has 0 spiro atoms. The summed E-state index contributed by atoms with van der Waals surface area (Å²) in [6, 6.07) is 12.8. The van der Waals surface area contributed by atoms with Gasteiger partial charge in [0.1, 0.15) is 11.0 Å². The highest BCUT2D eigenvalue weighted by atomic mass is 35.5. The molecular formula is C20H25ClN6S. The zero-order valence-corrected chi connectivity index (χ0v) is 17.3. The first kappa shape index (κ1) is 19.2. The Morgan fingerprint density at radius 1 is 1.00 bits per heavy atom. The highest BCUT2D eigenvalue weighted by Crippen LogP contribution is 2.22. The van der Waals surface area contributed by atoms with Crippen LogP contribution in [0.5, 0.6) is 0 Å². The molecular weight excluding hydrogens is 392 g/mol. The summed E-state index contributed by atoms with van der Waals surface area (Å²) in [5, 5.41) is 7.43. The highest BCUT2D eigenvalue weighted by molar-refractivity contribution is 7.80. The van der Waals surface area contributed by atoms with Gasteiger partial charge < -0.3 is 20.4 Å². The van der Waals surface area contributed by atoms with E-state index in [2.05, 4.69) is 54.7 Å². The second-order valence-corrected chi connectivity index (χ2v) is 8.06. The molecule has 2 aromatic rings. The fourth-order valence-electron chi connectivity index (χ4n) is 3.85. The van der Waals surface area contributed by atoms with Crippen molar-refractivity contribution in [1.29, 1.82) is 0 Å². The van der Waals surface area contributed by atoms with Gasteiger partial charge in [-0.2, -0.15) is 4.98 Å². The van der Waals surface area contributed by atoms with Gasteiger partial charge in [-0.05, 0) is 37.2 Å². The first-order valence-corrected chi connectivity index (χ1v) is 10.6. The van der Waals surface area contributed by atoms with Crippen molar-refractivity contribution >= 4 is 46.4 Å². The lowest BCUT2D eigenvalue weighted by molar-refractivity contribution is 0.634. The zero-order valence-electron chi connectivity index (χ0n) is 15.8. The lowest BCUT2D eigenvalue weighted by Crippen LogP contribution is -2.47. The van der Waals surface area contributed by atoms with Crippen LogP contribution < -0.4 is 20.4 Å². The number of hydrogen-bond donors (Lipinski definition) is 2. The molecule has 1 aromatic heterocycles. The number of aromatic nitrogens is 2.